The number of hydrogen-bond donors (Lipinski definition) is 1. The van der Waals surface area contributed by atoms with Crippen molar-refractivity contribution in [3.63, 3.8) is 0 Å². The van der Waals surface area contributed by atoms with Crippen molar-refractivity contribution in [2.24, 2.45) is 0 Å². The predicted molar refractivity (Wildman–Crippen MR) is 86.8 cm³/mol. The zero-order valence-corrected chi connectivity index (χ0v) is 13.7. The quantitative estimate of drug-likeness (QED) is 0.800. The van der Waals surface area contributed by atoms with E-state index < -0.39 is 12.7 Å². The van der Waals surface area contributed by atoms with E-state index in [4.69, 9.17) is 9.47 Å². The van der Waals surface area contributed by atoms with Crippen LogP contribution in [0.1, 0.15) is 38.2 Å². The molecule has 0 heterocycles. The molecule has 128 valence electrons. The molecule has 0 saturated heterocycles. The summed E-state index contributed by atoms with van der Waals surface area (Å²) in [5.41, 5.74) is 1.19. The fraction of sp³-hybridized carbons (Fsp3) is 0.611. The second kappa shape index (κ2) is 9.63. The Kier molecular flexibility index (Phi) is 7.49. The third-order valence-corrected chi connectivity index (χ3v) is 4.08. The first kappa shape index (κ1) is 17.9. The maximum Gasteiger partial charge on any atom is 0.217 e. The van der Waals surface area contributed by atoms with Gasteiger partial charge in [-0.2, -0.15) is 0 Å². The first-order valence-electron chi connectivity index (χ1n) is 8.27. The normalized spacial score (nSPS) is 22.5. The van der Waals surface area contributed by atoms with E-state index in [2.05, 4.69) is 17.4 Å². The Bertz CT molecular complexity index is 461. The smallest absolute Gasteiger partial charge is 0.217 e. The van der Waals surface area contributed by atoms with Crippen molar-refractivity contribution in [2.45, 2.75) is 57.5 Å². The number of benzene rings is 1. The van der Waals surface area contributed by atoms with Gasteiger partial charge in [0.05, 0.1) is 31.5 Å². The summed E-state index contributed by atoms with van der Waals surface area (Å²) in [6, 6.07) is 9.61. The molecule has 1 aromatic rings. The van der Waals surface area contributed by atoms with Crippen LogP contribution in [0.2, 0.25) is 0 Å². The van der Waals surface area contributed by atoms with Gasteiger partial charge in [0, 0.05) is 6.92 Å². The van der Waals surface area contributed by atoms with Crippen LogP contribution in [0.5, 0.6) is 0 Å². The molecule has 1 atom stereocenters. The highest BCUT2D eigenvalue weighted by Gasteiger charge is 2.23. The molecule has 5 heteroatoms. The minimum Gasteiger partial charge on any atom is -0.376 e. The van der Waals surface area contributed by atoms with Gasteiger partial charge in [-0.15, -0.1) is 0 Å². The Balaban J connectivity index is 1.62. The number of hydrogen-bond acceptors (Lipinski definition) is 3. The number of ether oxygens (including phenoxy) is 2. The van der Waals surface area contributed by atoms with Gasteiger partial charge in [0.2, 0.25) is 5.91 Å². The number of amides is 1. The molecule has 0 radical (unpaired) electrons. The lowest BCUT2D eigenvalue weighted by atomic mass is 9.95. The molecule has 0 aromatic heterocycles. The molecule has 0 aliphatic heterocycles. The number of rotatable bonds is 8. The fourth-order valence-electron chi connectivity index (χ4n) is 2.82. The van der Waals surface area contributed by atoms with Crippen LogP contribution in [0.3, 0.4) is 0 Å². The molecule has 1 N–H and O–H groups in total. The van der Waals surface area contributed by atoms with E-state index in [-0.39, 0.29) is 24.7 Å². The number of carbonyl (C=O) groups is 1. The van der Waals surface area contributed by atoms with E-state index in [0.717, 1.165) is 25.7 Å². The molecule has 0 bridgehead atoms. The molecule has 1 amide bonds. The molecule has 0 unspecified atom stereocenters. The van der Waals surface area contributed by atoms with Crippen molar-refractivity contribution < 1.29 is 18.7 Å². The van der Waals surface area contributed by atoms with Gasteiger partial charge in [0.15, 0.2) is 0 Å². The summed E-state index contributed by atoms with van der Waals surface area (Å²) in [4.78, 5) is 10.9. The third-order valence-electron chi connectivity index (χ3n) is 4.08. The molecule has 1 aliphatic rings. The van der Waals surface area contributed by atoms with Crippen LogP contribution in [0.15, 0.2) is 30.3 Å². The average Bonchev–Trinajstić information content (AvgIpc) is 2.58. The number of nitrogens with one attached hydrogen (secondary N) is 1. The van der Waals surface area contributed by atoms with Crippen molar-refractivity contribution in [1.29, 1.82) is 0 Å². The van der Waals surface area contributed by atoms with E-state index in [1.54, 1.807) is 0 Å². The lowest BCUT2D eigenvalue weighted by molar-refractivity contribution is -0.120. The van der Waals surface area contributed by atoms with Gasteiger partial charge in [-0.1, -0.05) is 30.3 Å². The van der Waals surface area contributed by atoms with Gasteiger partial charge in [0.25, 0.3) is 0 Å². The molecule has 1 aliphatic carbocycles. The molecule has 4 nitrogen and oxygen atoms in total. The summed E-state index contributed by atoms with van der Waals surface area (Å²) < 4.78 is 24.5. The maximum absolute atomic E-state index is 12.8. The SMILES string of the molecule is CC(=O)N[C@@H](CF)COC1CCC(OCc2ccccc2)CC1. The van der Waals surface area contributed by atoms with Gasteiger partial charge >= 0.3 is 0 Å². The topological polar surface area (TPSA) is 47.6 Å². The Morgan fingerprint density at radius 1 is 1.17 bits per heavy atom. The summed E-state index contributed by atoms with van der Waals surface area (Å²) in [6.07, 6.45) is 4.14. The van der Waals surface area contributed by atoms with Crippen LogP contribution in [-0.2, 0) is 20.9 Å². The van der Waals surface area contributed by atoms with Crippen molar-refractivity contribution in [3.05, 3.63) is 35.9 Å². The molecule has 1 fully saturated rings. The largest absolute Gasteiger partial charge is 0.376 e. The van der Waals surface area contributed by atoms with Gasteiger partial charge in [-0.3, -0.25) is 4.79 Å². The highest BCUT2D eigenvalue weighted by molar-refractivity contribution is 5.73. The van der Waals surface area contributed by atoms with Gasteiger partial charge in [-0.25, -0.2) is 4.39 Å². The van der Waals surface area contributed by atoms with Crippen molar-refractivity contribution in [3.8, 4) is 0 Å². The van der Waals surface area contributed by atoms with Crippen LogP contribution in [0.25, 0.3) is 0 Å². The molecular formula is C18H26FNO3. The molecule has 0 spiro atoms. The predicted octanol–water partition coefficient (Wildman–Crippen LogP) is 3.01. The summed E-state index contributed by atoms with van der Waals surface area (Å²) in [5, 5.41) is 2.55. The summed E-state index contributed by atoms with van der Waals surface area (Å²) in [5.74, 6) is -0.228. The first-order valence-corrected chi connectivity index (χ1v) is 8.27. The van der Waals surface area contributed by atoms with Crippen molar-refractivity contribution >= 4 is 5.91 Å². The minimum absolute atomic E-state index is 0.134. The maximum atomic E-state index is 12.8. The minimum atomic E-state index is -0.602. The van der Waals surface area contributed by atoms with E-state index in [1.807, 2.05) is 18.2 Å². The summed E-state index contributed by atoms with van der Waals surface area (Å²) in [7, 11) is 0. The fourth-order valence-corrected chi connectivity index (χ4v) is 2.82. The van der Waals surface area contributed by atoms with Crippen LogP contribution in [0.4, 0.5) is 4.39 Å². The molecule has 2 rings (SSSR count). The second-order valence-corrected chi connectivity index (χ2v) is 6.08. The van der Waals surface area contributed by atoms with Gasteiger partial charge in [-0.05, 0) is 31.2 Å². The monoisotopic (exact) mass is 323 g/mol. The first-order chi connectivity index (χ1) is 11.2. The van der Waals surface area contributed by atoms with Crippen molar-refractivity contribution in [1.82, 2.24) is 5.32 Å². The number of carbonyl (C=O) groups excluding carboxylic acids is 1. The number of alkyl halides is 1. The molecular weight excluding hydrogens is 297 g/mol. The van der Waals surface area contributed by atoms with E-state index in [9.17, 15) is 9.18 Å². The summed E-state index contributed by atoms with van der Waals surface area (Å²) in [6.45, 7) is 1.66. The Morgan fingerprint density at radius 3 is 2.35 bits per heavy atom. The lowest BCUT2D eigenvalue weighted by Gasteiger charge is -2.29. The zero-order valence-electron chi connectivity index (χ0n) is 13.7. The Morgan fingerprint density at radius 2 is 1.78 bits per heavy atom. The van der Waals surface area contributed by atoms with Crippen LogP contribution in [-0.4, -0.2) is 37.4 Å². The Hall–Kier alpha value is -1.46. The van der Waals surface area contributed by atoms with E-state index in [1.165, 1.54) is 12.5 Å². The highest BCUT2D eigenvalue weighted by Crippen LogP contribution is 2.24. The van der Waals surface area contributed by atoms with E-state index in [0.29, 0.717) is 6.61 Å². The Labute approximate surface area is 137 Å². The van der Waals surface area contributed by atoms with Gasteiger partial charge in [0.1, 0.15) is 6.67 Å². The lowest BCUT2D eigenvalue weighted by Crippen LogP contribution is -2.40. The average molecular weight is 323 g/mol. The highest BCUT2D eigenvalue weighted by atomic mass is 19.1. The summed E-state index contributed by atoms with van der Waals surface area (Å²) >= 11 is 0. The standard InChI is InChI=1S/C18H26FNO3/c1-14(21)20-16(11-19)13-23-18-9-7-17(8-10-18)22-12-15-5-3-2-4-6-15/h2-6,16-18H,7-13H2,1H3,(H,20,21)/t16-,17?,18?/m0/s1. The molecule has 1 saturated carbocycles. The second-order valence-electron chi connectivity index (χ2n) is 6.08. The van der Waals surface area contributed by atoms with Gasteiger partial charge < -0.3 is 14.8 Å². The number of halogens is 1. The van der Waals surface area contributed by atoms with Crippen molar-refractivity contribution in [2.75, 3.05) is 13.3 Å². The van der Waals surface area contributed by atoms with E-state index >= 15 is 0 Å². The third kappa shape index (κ3) is 6.67. The zero-order chi connectivity index (χ0) is 16.5. The van der Waals surface area contributed by atoms with Crippen LogP contribution < -0.4 is 5.32 Å². The molecule has 1 aromatic carbocycles. The molecule has 23 heavy (non-hydrogen) atoms. The van der Waals surface area contributed by atoms with Crippen LogP contribution in [0, 0.1) is 0 Å². The van der Waals surface area contributed by atoms with Crippen LogP contribution >= 0.6 is 0 Å².